The second-order valence-electron chi connectivity index (χ2n) is 8.23. The van der Waals surface area contributed by atoms with E-state index in [9.17, 15) is 14.7 Å². The summed E-state index contributed by atoms with van der Waals surface area (Å²) in [5, 5.41) is 9.93. The van der Waals surface area contributed by atoms with Gasteiger partial charge in [0.15, 0.2) is 0 Å². The fraction of sp³-hybridized carbons (Fsp3) is 0.320. The molecular weight excluding hydrogens is 408 g/mol. The summed E-state index contributed by atoms with van der Waals surface area (Å²) in [6.07, 6.45) is 7.16. The molecule has 0 saturated heterocycles. The molecule has 1 amide bonds. The number of carboxylic acid groups (broad SMARTS) is 1. The largest absolute Gasteiger partial charge is 0.477 e. The summed E-state index contributed by atoms with van der Waals surface area (Å²) in [5.74, 6) is -0.423. The van der Waals surface area contributed by atoms with Crippen LogP contribution in [0.2, 0.25) is 0 Å². The van der Waals surface area contributed by atoms with Crippen molar-refractivity contribution in [3.63, 3.8) is 0 Å². The van der Waals surface area contributed by atoms with Gasteiger partial charge in [0.05, 0.1) is 12.2 Å². The van der Waals surface area contributed by atoms with Crippen LogP contribution < -0.4 is 4.90 Å². The van der Waals surface area contributed by atoms with Crippen molar-refractivity contribution < 1.29 is 14.7 Å². The number of benzene rings is 1. The molecule has 5 nitrogen and oxygen atoms in total. The van der Waals surface area contributed by atoms with Gasteiger partial charge in [0, 0.05) is 23.2 Å². The third-order valence-corrected chi connectivity index (χ3v) is 7.14. The zero-order valence-electron chi connectivity index (χ0n) is 17.5. The Balaban J connectivity index is 1.74. The zero-order valence-corrected chi connectivity index (χ0v) is 18.3. The smallest absolute Gasteiger partial charge is 0.348 e. The first-order chi connectivity index (χ1) is 15.0. The first kappa shape index (κ1) is 21.2. The maximum atomic E-state index is 13.7. The van der Waals surface area contributed by atoms with Gasteiger partial charge in [-0.2, -0.15) is 0 Å². The van der Waals surface area contributed by atoms with Crippen LogP contribution in [0.4, 0.5) is 5.69 Å². The number of hydrogen-bond acceptors (Lipinski definition) is 4. The highest BCUT2D eigenvalue weighted by molar-refractivity contribution is 7.18. The van der Waals surface area contributed by atoms with Crippen molar-refractivity contribution >= 4 is 28.9 Å². The normalized spacial score (nSPS) is 18.5. The number of hydrogen-bond donors (Lipinski definition) is 1. The number of carbonyl (C=O) groups excluding carboxylic acids is 1. The fourth-order valence-corrected chi connectivity index (χ4v) is 5.17. The fourth-order valence-electron chi connectivity index (χ4n) is 4.16. The molecule has 0 unspecified atom stereocenters. The summed E-state index contributed by atoms with van der Waals surface area (Å²) in [5.41, 5.74) is 2.36. The van der Waals surface area contributed by atoms with E-state index in [-0.39, 0.29) is 16.7 Å². The summed E-state index contributed by atoms with van der Waals surface area (Å²) in [7, 11) is 0. The van der Waals surface area contributed by atoms with Gasteiger partial charge in [-0.25, -0.2) is 4.79 Å². The lowest BCUT2D eigenvalue weighted by molar-refractivity contribution is -0.123. The lowest BCUT2D eigenvalue weighted by atomic mass is 9.82. The van der Waals surface area contributed by atoms with Gasteiger partial charge in [0.1, 0.15) is 4.88 Å². The molecule has 1 aliphatic rings. The van der Waals surface area contributed by atoms with Crippen molar-refractivity contribution in [1.82, 2.24) is 4.98 Å². The Morgan fingerprint density at radius 3 is 2.39 bits per heavy atom. The van der Waals surface area contributed by atoms with Crippen molar-refractivity contribution in [2.75, 3.05) is 4.90 Å². The molecule has 160 valence electrons. The van der Waals surface area contributed by atoms with Crippen LogP contribution in [0.5, 0.6) is 0 Å². The highest BCUT2D eigenvalue weighted by Gasteiger charge is 2.32. The number of anilines is 1. The van der Waals surface area contributed by atoms with Crippen molar-refractivity contribution in [2.24, 2.45) is 11.8 Å². The Kier molecular flexibility index (Phi) is 6.47. The van der Waals surface area contributed by atoms with Crippen LogP contribution in [0.15, 0.2) is 60.9 Å². The van der Waals surface area contributed by atoms with Crippen molar-refractivity contribution in [3.05, 3.63) is 71.4 Å². The molecule has 1 aliphatic carbocycles. The number of rotatable bonds is 6. The molecule has 1 aromatic carbocycles. The molecule has 2 heterocycles. The molecule has 3 aromatic rings. The SMILES string of the molecule is CC1CCC(C(=O)N(Cc2ccncc2)c2cc(-c3ccccc3)sc2C(=O)O)CC1. The lowest BCUT2D eigenvalue weighted by Gasteiger charge is -2.31. The highest BCUT2D eigenvalue weighted by atomic mass is 32.1. The van der Waals surface area contributed by atoms with Crippen LogP contribution in [0.1, 0.15) is 47.8 Å². The highest BCUT2D eigenvalue weighted by Crippen LogP contribution is 2.39. The Morgan fingerprint density at radius 2 is 1.74 bits per heavy atom. The third-order valence-electron chi connectivity index (χ3n) is 5.98. The molecule has 0 atom stereocenters. The number of amides is 1. The maximum absolute atomic E-state index is 13.7. The Hall–Kier alpha value is -2.99. The van der Waals surface area contributed by atoms with Crippen molar-refractivity contribution in [1.29, 1.82) is 0 Å². The summed E-state index contributed by atoms with van der Waals surface area (Å²) < 4.78 is 0. The molecule has 31 heavy (non-hydrogen) atoms. The minimum atomic E-state index is -1.01. The number of aromatic nitrogens is 1. The topological polar surface area (TPSA) is 70.5 Å². The lowest BCUT2D eigenvalue weighted by Crippen LogP contribution is -2.37. The minimum Gasteiger partial charge on any atom is -0.477 e. The first-order valence-electron chi connectivity index (χ1n) is 10.7. The van der Waals surface area contributed by atoms with E-state index in [1.165, 1.54) is 11.3 Å². The van der Waals surface area contributed by atoms with Crippen molar-refractivity contribution in [3.8, 4) is 10.4 Å². The molecule has 0 bridgehead atoms. The molecular formula is C25H26N2O3S. The monoisotopic (exact) mass is 434 g/mol. The molecule has 0 spiro atoms. The van der Waals surface area contributed by atoms with Gasteiger partial charge in [-0.1, -0.05) is 37.3 Å². The van der Waals surface area contributed by atoms with E-state index in [1.54, 1.807) is 17.3 Å². The predicted molar refractivity (Wildman–Crippen MR) is 123 cm³/mol. The van der Waals surface area contributed by atoms with Gasteiger partial charge in [-0.15, -0.1) is 11.3 Å². The standard InChI is InChI=1S/C25H26N2O3S/c1-17-7-9-20(10-8-17)24(28)27(16-18-11-13-26-14-12-18)21-15-22(31-23(21)25(29)30)19-5-3-2-4-6-19/h2-6,11-15,17,20H,7-10,16H2,1H3,(H,29,30). The molecule has 4 rings (SSSR count). The first-order valence-corrected chi connectivity index (χ1v) is 11.5. The number of aromatic carboxylic acids is 1. The van der Waals surface area contributed by atoms with Crippen LogP contribution >= 0.6 is 11.3 Å². The molecule has 0 aliphatic heterocycles. The molecule has 1 N–H and O–H groups in total. The van der Waals surface area contributed by atoms with E-state index >= 15 is 0 Å². The second kappa shape index (κ2) is 9.43. The maximum Gasteiger partial charge on any atom is 0.348 e. The summed E-state index contributed by atoms with van der Waals surface area (Å²) >= 11 is 1.22. The average Bonchev–Trinajstić information content (AvgIpc) is 3.24. The Bertz CT molecular complexity index is 1040. The molecule has 2 aromatic heterocycles. The van der Waals surface area contributed by atoms with E-state index in [4.69, 9.17) is 0 Å². The van der Waals surface area contributed by atoms with Gasteiger partial charge >= 0.3 is 5.97 Å². The van der Waals surface area contributed by atoms with Crippen LogP contribution in [0, 0.1) is 11.8 Å². The van der Waals surface area contributed by atoms with Crippen molar-refractivity contribution in [2.45, 2.75) is 39.2 Å². The zero-order chi connectivity index (χ0) is 21.8. The number of thiophene rings is 1. The third kappa shape index (κ3) is 4.85. The summed E-state index contributed by atoms with van der Waals surface area (Å²) in [6, 6.07) is 15.3. The van der Waals surface area contributed by atoms with E-state index in [0.29, 0.717) is 18.2 Å². The van der Waals surface area contributed by atoms with E-state index in [0.717, 1.165) is 41.7 Å². The Labute approximate surface area is 186 Å². The van der Waals surface area contributed by atoms with E-state index < -0.39 is 5.97 Å². The second-order valence-corrected chi connectivity index (χ2v) is 9.29. The van der Waals surface area contributed by atoms with Crippen LogP contribution in [-0.4, -0.2) is 22.0 Å². The molecule has 6 heteroatoms. The van der Waals surface area contributed by atoms with Gasteiger partial charge < -0.3 is 10.0 Å². The summed E-state index contributed by atoms with van der Waals surface area (Å²) in [6.45, 7) is 2.56. The van der Waals surface area contributed by atoms with E-state index in [2.05, 4.69) is 11.9 Å². The van der Waals surface area contributed by atoms with Gasteiger partial charge in [-0.3, -0.25) is 9.78 Å². The number of carboxylic acids is 1. The van der Waals surface area contributed by atoms with E-state index in [1.807, 2.05) is 48.5 Å². The van der Waals surface area contributed by atoms with Crippen LogP contribution in [-0.2, 0) is 11.3 Å². The van der Waals surface area contributed by atoms with Gasteiger partial charge in [-0.05, 0) is 60.9 Å². The molecule has 1 fully saturated rings. The molecule has 1 saturated carbocycles. The average molecular weight is 435 g/mol. The quantitative estimate of drug-likeness (QED) is 0.527. The van der Waals surface area contributed by atoms with Gasteiger partial charge in [0.25, 0.3) is 0 Å². The Morgan fingerprint density at radius 1 is 1.06 bits per heavy atom. The number of nitrogens with zero attached hydrogens (tertiary/aromatic N) is 2. The molecule has 0 radical (unpaired) electrons. The van der Waals surface area contributed by atoms with Crippen LogP contribution in [0.25, 0.3) is 10.4 Å². The van der Waals surface area contributed by atoms with Gasteiger partial charge in [0.2, 0.25) is 5.91 Å². The summed E-state index contributed by atoms with van der Waals surface area (Å²) in [4.78, 5) is 32.6. The van der Waals surface area contributed by atoms with Crippen LogP contribution in [0.3, 0.4) is 0 Å². The predicted octanol–water partition coefficient (Wildman–Crippen LogP) is 5.87. The number of carbonyl (C=O) groups is 2. The minimum absolute atomic E-state index is 0.0172. The number of pyridine rings is 1.